The Morgan fingerprint density at radius 1 is 1.31 bits per heavy atom. The predicted molar refractivity (Wildman–Crippen MR) is 97.1 cm³/mol. The third kappa shape index (κ3) is 4.95. The van der Waals surface area contributed by atoms with Crippen molar-refractivity contribution in [3.05, 3.63) is 41.0 Å². The van der Waals surface area contributed by atoms with Gasteiger partial charge in [0.05, 0.1) is 19.8 Å². The van der Waals surface area contributed by atoms with Crippen molar-refractivity contribution in [3.8, 4) is 5.75 Å². The Balaban J connectivity index is 1.58. The Morgan fingerprint density at radius 2 is 2.15 bits per heavy atom. The molecule has 1 aliphatic rings. The van der Waals surface area contributed by atoms with Gasteiger partial charge in [-0.1, -0.05) is 17.3 Å². The molecular formula is C18H25N5O3. The number of aryl methyl sites for hydroxylation is 2. The number of hydrogen-bond acceptors (Lipinski definition) is 6. The van der Waals surface area contributed by atoms with Crippen molar-refractivity contribution in [2.45, 2.75) is 39.5 Å². The fourth-order valence-corrected chi connectivity index (χ4v) is 2.67. The highest BCUT2D eigenvalue weighted by Gasteiger charge is 2.18. The number of hydrogen-bond donors (Lipinski definition) is 2. The lowest BCUT2D eigenvalue weighted by Crippen LogP contribution is -2.36. The van der Waals surface area contributed by atoms with Crippen LogP contribution in [0.1, 0.15) is 29.3 Å². The molecule has 1 atom stereocenters. The maximum atomic E-state index is 6.13. The maximum Gasteiger partial charge on any atom is 0.246 e. The van der Waals surface area contributed by atoms with Crippen molar-refractivity contribution >= 4 is 5.96 Å². The lowest BCUT2D eigenvalue weighted by Gasteiger charge is -2.17. The minimum Gasteiger partial charge on any atom is -0.488 e. The van der Waals surface area contributed by atoms with E-state index in [2.05, 4.69) is 50.9 Å². The van der Waals surface area contributed by atoms with Crippen LogP contribution in [0.3, 0.4) is 0 Å². The van der Waals surface area contributed by atoms with E-state index in [-0.39, 0.29) is 6.10 Å². The molecule has 3 rings (SSSR count). The zero-order valence-corrected chi connectivity index (χ0v) is 15.4. The topological polar surface area (TPSA) is 93.8 Å². The van der Waals surface area contributed by atoms with Crippen LogP contribution in [0.15, 0.2) is 27.7 Å². The van der Waals surface area contributed by atoms with Crippen molar-refractivity contribution < 1.29 is 14.0 Å². The fraction of sp³-hybridized carbons (Fsp3) is 0.500. The van der Waals surface area contributed by atoms with Gasteiger partial charge in [-0.15, -0.1) is 0 Å². The molecule has 0 bridgehead atoms. The number of aromatic nitrogens is 2. The average molecular weight is 359 g/mol. The summed E-state index contributed by atoms with van der Waals surface area (Å²) in [6.45, 7) is 6.25. The average Bonchev–Trinajstić information content (AvgIpc) is 3.28. The van der Waals surface area contributed by atoms with Crippen molar-refractivity contribution in [1.82, 2.24) is 20.8 Å². The molecular weight excluding hydrogens is 334 g/mol. The number of benzene rings is 1. The zero-order valence-electron chi connectivity index (χ0n) is 15.4. The lowest BCUT2D eigenvalue weighted by atomic mass is 10.1. The van der Waals surface area contributed by atoms with Gasteiger partial charge in [-0.3, -0.25) is 4.99 Å². The molecule has 1 unspecified atom stereocenters. The third-order valence-corrected chi connectivity index (χ3v) is 4.05. The Bertz CT molecular complexity index is 753. The Labute approximate surface area is 153 Å². The second-order valence-electron chi connectivity index (χ2n) is 6.23. The van der Waals surface area contributed by atoms with Crippen molar-refractivity contribution in [2.24, 2.45) is 4.99 Å². The molecule has 1 fully saturated rings. The summed E-state index contributed by atoms with van der Waals surface area (Å²) in [6, 6.07) is 6.21. The Kier molecular flexibility index (Phi) is 6.06. The van der Waals surface area contributed by atoms with Crippen LogP contribution in [0.5, 0.6) is 5.75 Å². The van der Waals surface area contributed by atoms with Crippen LogP contribution in [0.25, 0.3) is 0 Å². The van der Waals surface area contributed by atoms with E-state index in [4.69, 9.17) is 14.0 Å². The molecule has 0 radical (unpaired) electrons. The number of ether oxygens (including phenoxy) is 2. The number of aliphatic imine (C=N–C) groups is 1. The molecule has 8 nitrogen and oxygen atoms in total. The first-order valence-electron chi connectivity index (χ1n) is 8.71. The molecule has 0 saturated carbocycles. The minimum atomic E-state index is 0.119. The number of rotatable bonds is 6. The van der Waals surface area contributed by atoms with Gasteiger partial charge in [0.15, 0.2) is 11.8 Å². The maximum absolute atomic E-state index is 6.13. The van der Waals surface area contributed by atoms with Crippen LogP contribution < -0.4 is 15.4 Å². The van der Waals surface area contributed by atoms with Gasteiger partial charge in [0, 0.05) is 25.6 Å². The van der Waals surface area contributed by atoms with E-state index in [9.17, 15) is 0 Å². The van der Waals surface area contributed by atoms with Gasteiger partial charge in [-0.2, -0.15) is 4.98 Å². The van der Waals surface area contributed by atoms with E-state index in [0.717, 1.165) is 29.9 Å². The van der Waals surface area contributed by atoms with Crippen LogP contribution in [0.2, 0.25) is 0 Å². The van der Waals surface area contributed by atoms with Crippen LogP contribution in [-0.4, -0.2) is 42.5 Å². The normalized spacial score (nSPS) is 17.3. The van der Waals surface area contributed by atoms with Gasteiger partial charge in [-0.05, 0) is 25.5 Å². The molecule has 2 aromatic rings. The smallest absolute Gasteiger partial charge is 0.246 e. The second kappa shape index (κ2) is 8.66. The SMILES string of the molecule is CN=C(NCc1nc(C)no1)NCc1ccc(C)cc1OC1CCOC1. The minimum absolute atomic E-state index is 0.119. The summed E-state index contributed by atoms with van der Waals surface area (Å²) in [5.41, 5.74) is 2.23. The summed E-state index contributed by atoms with van der Waals surface area (Å²) in [5.74, 6) is 2.67. The summed E-state index contributed by atoms with van der Waals surface area (Å²) in [7, 11) is 1.72. The van der Waals surface area contributed by atoms with Crippen molar-refractivity contribution in [1.29, 1.82) is 0 Å². The standard InChI is InChI=1S/C18H25N5O3/c1-12-4-5-14(16(8-12)25-15-6-7-24-11-15)9-20-18(19-3)21-10-17-22-13(2)23-26-17/h4-5,8,15H,6-7,9-11H2,1-3H3,(H2,19,20,21). The van der Waals surface area contributed by atoms with Crippen LogP contribution >= 0.6 is 0 Å². The van der Waals surface area contributed by atoms with Gasteiger partial charge in [0.25, 0.3) is 0 Å². The Morgan fingerprint density at radius 3 is 2.85 bits per heavy atom. The first-order valence-corrected chi connectivity index (χ1v) is 8.71. The first-order chi connectivity index (χ1) is 12.6. The Hall–Kier alpha value is -2.61. The molecule has 2 heterocycles. The molecule has 2 N–H and O–H groups in total. The number of nitrogens with zero attached hydrogens (tertiary/aromatic N) is 3. The van der Waals surface area contributed by atoms with E-state index in [1.165, 1.54) is 0 Å². The molecule has 0 aliphatic carbocycles. The highest BCUT2D eigenvalue weighted by molar-refractivity contribution is 5.79. The molecule has 0 spiro atoms. The number of nitrogens with one attached hydrogen (secondary N) is 2. The highest BCUT2D eigenvalue weighted by atomic mass is 16.5. The van der Waals surface area contributed by atoms with E-state index in [1.807, 2.05) is 0 Å². The predicted octanol–water partition coefficient (Wildman–Crippen LogP) is 1.72. The monoisotopic (exact) mass is 359 g/mol. The van der Waals surface area contributed by atoms with Crippen LogP contribution in [0, 0.1) is 13.8 Å². The molecule has 140 valence electrons. The van der Waals surface area contributed by atoms with Gasteiger partial charge in [-0.25, -0.2) is 0 Å². The summed E-state index contributed by atoms with van der Waals surface area (Å²) in [5, 5.41) is 10.2. The van der Waals surface area contributed by atoms with Crippen LogP contribution in [0.4, 0.5) is 0 Å². The van der Waals surface area contributed by atoms with E-state index in [0.29, 0.717) is 37.4 Å². The molecule has 1 aromatic carbocycles. The quantitative estimate of drug-likeness (QED) is 0.599. The van der Waals surface area contributed by atoms with Gasteiger partial charge >= 0.3 is 0 Å². The summed E-state index contributed by atoms with van der Waals surface area (Å²) >= 11 is 0. The molecule has 1 aromatic heterocycles. The van der Waals surface area contributed by atoms with Gasteiger partial charge in [0.1, 0.15) is 11.9 Å². The highest BCUT2D eigenvalue weighted by Crippen LogP contribution is 2.23. The van der Waals surface area contributed by atoms with Crippen LogP contribution in [-0.2, 0) is 17.8 Å². The third-order valence-electron chi connectivity index (χ3n) is 4.05. The van der Waals surface area contributed by atoms with E-state index >= 15 is 0 Å². The molecule has 0 amide bonds. The second-order valence-corrected chi connectivity index (χ2v) is 6.23. The first kappa shape index (κ1) is 18.2. The molecule has 1 saturated heterocycles. The summed E-state index contributed by atoms with van der Waals surface area (Å²) in [4.78, 5) is 8.38. The molecule has 26 heavy (non-hydrogen) atoms. The molecule has 8 heteroatoms. The zero-order chi connectivity index (χ0) is 18.4. The van der Waals surface area contributed by atoms with E-state index in [1.54, 1.807) is 14.0 Å². The van der Waals surface area contributed by atoms with Gasteiger partial charge in [0.2, 0.25) is 5.89 Å². The van der Waals surface area contributed by atoms with Crippen molar-refractivity contribution in [2.75, 3.05) is 20.3 Å². The lowest BCUT2D eigenvalue weighted by molar-refractivity contribution is 0.140. The summed E-state index contributed by atoms with van der Waals surface area (Å²) < 4.78 is 16.6. The van der Waals surface area contributed by atoms with Crippen molar-refractivity contribution in [3.63, 3.8) is 0 Å². The summed E-state index contributed by atoms with van der Waals surface area (Å²) in [6.07, 6.45) is 1.04. The fourth-order valence-electron chi connectivity index (χ4n) is 2.67. The largest absolute Gasteiger partial charge is 0.488 e. The molecule has 1 aliphatic heterocycles. The van der Waals surface area contributed by atoms with E-state index < -0.39 is 0 Å². The van der Waals surface area contributed by atoms with Gasteiger partial charge < -0.3 is 24.6 Å². The number of guanidine groups is 1.